The van der Waals surface area contributed by atoms with E-state index in [0.717, 1.165) is 12.1 Å². The van der Waals surface area contributed by atoms with Gasteiger partial charge in [-0.25, -0.2) is 0 Å². The lowest BCUT2D eigenvalue weighted by Crippen LogP contribution is -2.40. The molecule has 0 aromatic heterocycles. The maximum atomic E-state index is 11.5. The number of hydrogen-bond donors (Lipinski definition) is 3. The summed E-state index contributed by atoms with van der Waals surface area (Å²) in [6.45, 7) is 2.12. The van der Waals surface area contributed by atoms with Crippen LogP contribution in [-0.4, -0.2) is 30.2 Å². The first kappa shape index (κ1) is 12.5. The number of benzene rings is 1. The average Bonchev–Trinajstić information content (AvgIpc) is 2.34. The van der Waals surface area contributed by atoms with Crippen LogP contribution in [0, 0.1) is 0 Å². The monoisotopic (exact) mass is 222 g/mol. The van der Waals surface area contributed by atoms with Crippen molar-refractivity contribution in [1.82, 2.24) is 5.32 Å². The summed E-state index contributed by atoms with van der Waals surface area (Å²) in [5.74, 6) is -0.107. The second kappa shape index (κ2) is 6.85. The number of amides is 1. The van der Waals surface area contributed by atoms with Gasteiger partial charge in [-0.05, 0) is 18.6 Å². The third kappa shape index (κ3) is 4.31. The van der Waals surface area contributed by atoms with E-state index in [2.05, 4.69) is 10.6 Å². The van der Waals surface area contributed by atoms with Crippen LogP contribution in [0.15, 0.2) is 30.3 Å². The molecule has 1 atom stereocenters. The predicted octanol–water partition coefficient (Wildman–Crippen LogP) is 0.986. The smallest absolute Gasteiger partial charge is 0.239 e. The van der Waals surface area contributed by atoms with Gasteiger partial charge >= 0.3 is 0 Å². The van der Waals surface area contributed by atoms with Crippen molar-refractivity contribution in [2.45, 2.75) is 19.4 Å². The third-order valence-corrected chi connectivity index (χ3v) is 2.31. The molecular weight excluding hydrogens is 204 g/mol. The van der Waals surface area contributed by atoms with Gasteiger partial charge < -0.3 is 15.7 Å². The lowest BCUT2D eigenvalue weighted by Gasteiger charge is -2.14. The van der Waals surface area contributed by atoms with Crippen LogP contribution in [0.4, 0.5) is 5.69 Å². The molecule has 88 valence electrons. The first-order valence-electron chi connectivity index (χ1n) is 5.45. The molecule has 0 fully saturated rings. The highest BCUT2D eigenvalue weighted by Crippen LogP contribution is 2.03. The van der Waals surface area contributed by atoms with E-state index in [1.807, 2.05) is 37.3 Å². The molecule has 0 saturated heterocycles. The fourth-order valence-electron chi connectivity index (χ4n) is 1.29. The maximum absolute atomic E-state index is 11.5. The van der Waals surface area contributed by atoms with Gasteiger partial charge in [0.1, 0.15) is 0 Å². The van der Waals surface area contributed by atoms with Crippen molar-refractivity contribution in [1.29, 1.82) is 0 Å². The molecule has 0 spiro atoms. The quantitative estimate of drug-likeness (QED) is 0.672. The molecule has 0 aliphatic heterocycles. The molecule has 1 amide bonds. The number of rotatable bonds is 6. The first-order chi connectivity index (χ1) is 7.76. The van der Waals surface area contributed by atoms with E-state index in [9.17, 15) is 4.79 Å². The van der Waals surface area contributed by atoms with Gasteiger partial charge in [0.2, 0.25) is 5.91 Å². The Morgan fingerprint density at radius 2 is 2.06 bits per heavy atom. The number of anilines is 1. The normalized spacial score (nSPS) is 11.9. The van der Waals surface area contributed by atoms with Crippen LogP contribution < -0.4 is 10.6 Å². The number of carbonyl (C=O) groups is 1. The average molecular weight is 222 g/mol. The van der Waals surface area contributed by atoms with Crippen LogP contribution in [0.1, 0.15) is 13.3 Å². The molecule has 1 unspecified atom stereocenters. The largest absolute Gasteiger partial charge is 0.394 e. The van der Waals surface area contributed by atoms with Gasteiger partial charge in [0.25, 0.3) is 0 Å². The van der Waals surface area contributed by atoms with Crippen molar-refractivity contribution in [2.24, 2.45) is 0 Å². The minimum atomic E-state index is -0.148. The van der Waals surface area contributed by atoms with Crippen LogP contribution in [-0.2, 0) is 4.79 Å². The Labute approximate surface area is 95.7 Å². The topological polar surface area (TPSA) is 61.4 Å². The van der Waals surface area contributed by atoms with Gasteiger partial charge in [0.05, 0.1) is 19.2 Å². The molecule has 16 heavy (non-hydrogen) atoms. The highest BCUT2D eigenvalue weighted by Gasteiger charge is 2.08. The second-order valence-electron chi connectivity index (χ2n) is 3.57. The number of carbonyl (C=O) groups excluding carboxylic acids is 1. The van der Waals surface area contributed by atoms with Crippen molar-refractivity contribution in [2.75, 3.05) is 18.5 Å². The molecule has 0 aliphatic rings. The fraction of sp³-hybridized carbons (Fsp3) is 0.417. The molecule has 0 saturated carbocycles. The Morgan fingerprint density at radius 1 is 1.38 bits per heavy atom. The second-order valence-corrected chi connectivity index (χ2v) is 3.57. The number of nitrogens with one attached hydrogen (secondary N) is 2. The van der Waals surface area contributed by atoms with Crippen molar-refractivity contribution < 1.29 is 9.90 Å². The van der Waals surface area contributed by atoms with E-state index in [0.29, 0.717) is 0 Å². The molecule has 3 N–H and O–H groups in total. The SMILES string of the molecule is CCC(CO)NC(=O)CNc1ccccc1. The molecule has 0 aliphatic carbocycles. The Balaban J connectivity index is 2.30. The standard InChI is InChI=1S/C12H18N2O2/c1-2-10(9-15)14-12(16)8-13-11-6-4-3-5-7-11/h3-7,10,13,15H,2,8-9H2,1H3,(H,14,16). The van der Waals surface area contributed by atoms with Crippen molar-refractivity contribution in [3.63, 3.8) is 0 Å². The summed E-state index contributed by atoms with van der Waals surface area (Å²) in [7, 11) is 0. The molecule has 0 heterocycles. The van der Waals surface area contributed by atoms with Gasteiger partial charge in [-0.3, -0.25) is 4.79 Å². The van der Waals surface area contributed by atoms with Crippen LogP contribution in [0.2, 0.25) is 0 Å². The Bertz CT molecular complexity index is 310. The van der Waals surface area contributed by atoms with E-state index < -0.39 is 0 Å². The number of aliphatic hydroxyl groups is 1. The van der Waals surface area contributed by atoms with Crippen LogP contribution in [0.3, 0.4) is 0 Å². The molecule has 0 bridgehead atoms. The first-order valence-corrected chi connectivity index (χ1v) is 5.45. The summed E-state index contributed by atoms with van der Waals surface area (Å²) in [6.07, 6.45) is 0.730. The van der Waals surface area contributed by atoms with E-state index in [-0.39, 0.29) is 25.1 Å². The van der Waals surface area contributed by atoms with Gasteiger partial charge in [-0.2, -0.15) is 0 Å². The molecule has 0 radical (unpaired) electrons. The highest BCUT2D eigenvalue weighted by atomic mass is 16.3. The van der Waals surface area contributed by atoms with Gasteiger partial charge in [-0.1, -0.05) is 25.1 Å². The fourth-order valence-corrected chi connectivity index (χ4v) is 1.29. The van der Waals surface area contributed by atoms with Gasteiger partial charge in [0, 0.05) is 5.69 Å². The summed E-state index contributed by atoms with van der Waals surface area (Å²) in [5.41, 5.74) is 0.912. The van der Waals surface area contributed by atoms with Gasteiger partial charge in [0.15, 0.2) is 0 Å². The third-order valence-electron chi connectivity index (χ3n) is 2.31. The van der Waals surface area contributed by atoms with E-state index in [4.69, 9.17) is 5.11 Å². The minimum absolute atomic E-state index is 0.0203. The zero-order valence-corrected chi connectivity index (χ0v) is 9.44. The Hall–Kier alpha value is -1.55. The zero-order chi connectivity index (χ0) is 11.8. The molecule has 1 aromatic carbocycles. The van der Waals surface area contributed by atoms with Crippen molar-refractivity contribution >= 4 is 11.6 Å². The maximum Gasteiger partial charge on any atom is 0.239 e. The summed E-state index contributed by atoms with van der Waals surface area (Å²) in [6, 6.07) is 9.38. The van der Waals surface area contributed by atoms with Crippen LogP contribution in [0.5, 0.6) is 0 Å². The summed E-state index contributed by atoms with van der Waals surface area (Å²) in [5, 5.41) is 14.7. The Kier molecular flexibility index (Phi) is 5.36. The molecule has 4 nitrogen and oxygen atoms in total. The molecule has 4 heteroatoms. The van der Waals surface area contributed by atoms with Crippen LogP contribution >= 0.6 is 0 Å². The lowest BCUT2D eigenvalue weighted by atomic mass is 10.2. The minimum Gasteiger partial charge on any atom is -0.394 e. The molecular formula is C12H18N2O2. The summed E-state index contributed by atoms with van der Waals surface area (Å²) < 4.78 is 0. The van der Waals surface area contributed by atoms with Crippen molar-refractivity contribution in [3.05, 3.63) is 30.3 Å². The Morgan fingerprint density at radius 3 is 2.62 bits per heavy atom. The predicted molar refractivity (Wildman–Crippen MR) is 64.2 cm³/mol. The summed E-state index contributed by atoms with van der Waals surface area (Å²) >= 11 is 0. The van der Waals surface area contributed by atoms with Gasteiger partial charge in [-0.15, -0.1) is 0 Å². The number of aliphatic hydroxyl groups excluding tert-OH is 1. The highest BCUT2D eigenvalue weighted by molar-refractivity contribution is 5.80. The number of para-hydroxylation sites is 1. The van der Waals surface area contributed by atoms with E-state index in [1.165, 1.54) is 0 Å². The molecule has 1 rings (SSSR count). The molecule has 1 aromatic rings. The van der Waals surface area contributed by atoms with Crippen molar-refractivity contribution in [3.8, 4) is 0 Å². The van der Waals surface area contributed by atoms with E-state index in [1.54, 1.807) is 0 Å². The van der Waals surface area contributed by atoms with Crippen LogP contribution in [0.25, 0.3) is 0 Å². The number of hydrogen-bond acceptors (Lipinski definition) is 3. The lowest BCUT2D eigenvalue weighted by molar-refractivity contribution is -0.120. The van der Waals surface area contributed by atoms with E-state index >= 15 is 0 Å². The summed E-state index contributed by atoms with van der Waals surface area (Å²) in [4.78, 5) is 11.5. The zero-order valence-electron chi connectivity index (χ0n) is 9.44.